The number of fused-ring (bicyclic) bond motifs is 1. The molecule has 26 heavy (non-hydrogen) atoms. The van der Waals surface area contributed by atoms with Crippen molar-refractivity contribution in [2.45, 2.75) is 6.18 Å². The summed E-state index contributed by atoms with van der Waals surface area (Å²) in [5, 5.41) is 3.69. The van der Waals surface area contributed by atoms with E-state index in [4.69, 9.17) is 23.2 Å². The van der Waals surface area contributed by atoms with E-state index in [-0.39, 0.29) is 18.1 Å². The zero-order chi connectivity index (χ0) is 18.0. The Morgan fingerprint density at radius 3 is 2.50 bits per heavy atom. The molecule has 3 rings (SSSR count). The molecule has 8 heteroatoms. The molecule has 0 amide bonds. The molecule has 1 heterocycles. The van der Waals surface area contributed by atoms with E-state index in [9.17, 15) is 13.2 Å². The molecule has 0 aromatic heterocycles. The van der Waals surface area contributed by atoms with Gasteiger partial charge in [-0.1, -0.05) is 47.5 Å². The molecule has 0 bridgehead atoms. The predicted molar refractivity (Wildman–Crippen MR) is 104 cm³/mol. The maximum absolute atomic E-state index is 13.2. The zero-order valence-corrected chi connectivity index (χ0v) is 15.6. The van der Waals surface area contributed by atoms with Crippen molar-refractivity contribution in [3.63, 3.8) is 0 Å². The van der Waals surface area contributed by atoms with Crippen molar-refractivity contribution in [2.75, 3.05) is 18.4 Å². The first-order chi connectivity index (χ1) is 11.9. The number of anilines is 1. The van der Waals surface area contributed by atoms with Crippen molar-refractivity contribution < 1.29 is 13.2 Å². The summed E-state index contributed by atoms with van der Waals surface area (Å²) < 4.78 is 39.7. The topological polar surface area (TPSA) is 24.4 Å². The van der Waals surface area contributed by atoms with E-state index in [2.05, 4.69) is 10.3 Å². The fourth-order valence-corrected chi connectivity index (χ4v) is 2.88. The van der Waals surface area contributed by atoms with Gasteiger partial charge in [-0.2, -0.15) is 13.2 Å². The van der Waals surface area contributed by atoms with E-state index in [0.717, 1.165) is 11.6 Å². The van der Waals surface area contributed by atoms with Crippen LogP contribution in [0.4, 0.5) is 18.9 Å². The number of hydrogen-bond donors (Lipinski definition) is 1. The second kappa shape index (κ2) is 8.33. The first-order valence-corrected chi connectivity index (χ1v) is 8.24. The minimum Gasteiger partial charge on any atom is -0.382 e. The van der Waals surface area contributed by atoms with Crippen LogP contribution in [0.2, 0.25) is 10.0 Å². The van der Waals surface area contributed by atoms with Gasteiger partial charge in [-0.25, -0.2) is 0 Å². The quantitative estimate of drug-likeness (QED) is 0.599. The molecule has 138 valence electrons. The number of benzodiazepines with no additional fused rings is 1. The van der Waals surface area contributed by atoms with Crippen molar-refractivity contribution >= 4 is 53.1 Å². The second-order valence-corrected chi connectivity index (χ2v) is 6.24. The van der Waals surface area contributed by atoms with Gasteiger partial charge in [0.25, 0.3) is 0 Å². The Balaban J connectivity index is 0.00000243. The number of nitrogens with zero attached hydrogens (tertiary/aromatic N) is 1. The van der Waals surface area contributed by atoms with E-state index in [0.29, 0.717) is 34.4 Å². The lowest BCUT2D eigenvalue weighted by Gasteiger charge is -2.16. The van der Waals surface area contributed by atoms with Crippen LogP contribution in [0.15, 0.2) is 47.5 Å². The number of benzene rings is 2. The van der Waals surface area contributed by atoms with Crippen LogP contribution >= 0.6 is 35.6 Å². The van der Waals surface area contributed by atoms with Crippen LogP contribution in [0.5, 0.6) is 0 Å². The highest BCUT2D eigenvalue weighted by Crippen LogP contribution is 2.37. The molecule has 0 saturated heterocycles. The molecule has 0 atom stereocenters. The van der Waals surface area contributed by atoms with Gasteiger partial charge in [0.05, 0.1) is 33.6 Å². The summed E-state index contributed by atoms with van der Waals surface area (Å²) in [6.07, 6.45) is -0.997. The van der Waals surface area contributed by atoms with Crippen LogP contribution in [0, 0.1) is 0 Å². The van der Waals surface area contributed by atoms with Crippen LogP contribution in [-0.2, 0) is 6.18 Å². The van der Waals surface area contributed by atoms with Gasteiger partial charge in [0.2, 0.25) is 0 Å². The monoisotopic (exact) mass is 420 g/mol. The Morgan fingerprint density at radius 2 is 1.81 bits per heavy atom. The number of para-hydroxylation sites is 1. The van der Waals surface area contributed by atoms with Crippen LogP contribution in [0.1, 0.15) is 16.7 Å². The highest BCUT2D eigenvalue weighted by molar-refractivity contribution is 6.42. The summed E-state index contributed by atoms with van der Waals surface area (Å²) in [4.78, 5) is 4.38. The number of allylic oxidation sites excluding steroid dienone is 1. The van der Waals surface area contributed by atoms with Crippen molar-refractivity contribution in [3.8, 4) is 0 Å². The summed E-state index contributed by atoms with van der Waals surface area (Å²) in [5.41, 5.74) is 1.05. The van der Waals surface area contributed by atoms with Crippen LogP contribution < -0.4 is 5.32 Å². The van der Waals surface area contributed by atoms with Crippen molar-refractivity contribution in [1.29, 1.82) is 0 Å². The molecule has 2 aromatic carbocycles. The average Bonchev–Trinajstić information content (AvgIpc) is 2.77. The summed E-state index contributed by atoms with van der Waals surface area (Å²) in [7, 11) is 0. The van der Waals surface area contributed by atoms with Gasteiger partial charge in [-0.15, -0.1) is 12.4 Å². The van der Waals surface area contributed by atoms with Gasteiger partial charge in [-0.05, 0) is 29.8 Å². The van der Waals surface area contributed by atoms with Crippen molar-refractivity contribution in [3.05, 3.63) is 69.2 Å². The fourth-order valence-electron chi connectivity index (χ4n) is 2.57. The molecule has 1 aliphatic rings. The van der Waals surface area contributed by atoms with Crippen LogP contribution in [0.3, 0.4) is 0 Å². The van der Waals surface area contributed by atoms with E-state index in [1.54, 1.807) is 36.4 Å². The minimum absolute atomic E-state index is 0. The Labute approximate surface area is 165 Å². The molecule has 0 unspecified atom stereocenters. The molecule has 0 radical (unpaired) electrons. The standard InChI is InChI=1S/C18H13Cl2F3N2.ClH/c19-14-6-4-11(10-15(14)20)5-7-16-12-2-1-3-13(18(21,22)23)17(12)25-9-8-24-16;/h1-7,10,25H,8-9H2;1H/b7-5+;. The van der Waals surface area contributed by atoms with E-state index in [1.807, 2.05) is 0 Å². The van der Waals surface area contributed by atoms with Crippen molar-refractivity contribution in [2.24, 2.45) is 4.99 Å². The lowest BCUT2D eigenvalue weighted by atomic mass is 10.0. The molecule has 0 saturated carbocycles. The predicted octanol–water partition coefficient (Wildman–Crippen LogP) is 6.36. The summed E-state index contributed by atoms with van der Waals surface area (Å²) in [6.45, 7) is 0.719. The minimum atomic E-state index is -4.43. The third-order valence-corrected chi connectivity index (χ3v) is 4.46. The van der Waals surface area contributed by atoms with E-state index in [1.165, 1.54) is 6.07 Å². The van der Waals surface area contributed by atoms with Gasteiger partial charge in [-0.3, -0.25) is 4.99 Å². The maximum atomic E-state index is 13.2. The smallest absolute Gasteiger partial charge is 0.382 e. The SMILES string of the molecule is Cl.FC(F)(F)c1cccc2c1NCCN=C2/C=C/c1ccc(Cl)c(Cl)c1. The second-order valence-electron chi connectivity index (χ2n) is 5.43. The fraction of sp³-hybridized carbons (Fsp3) is 0.167. The summed E-state index contributed by atoms with van der Waals surface area (Å²) in [6, 6.07) is 9.20. The molecule has 0 fully saturated rings. The number of halogens is 6. The molecule has 2 aromatic rings. The third kappa shape index (κ3) is 4.53. The third-order valence-electron chi connectivity index (χ3n) is 3.72. The molecule has 0 spiro atoms. The number of hydrogen-bond acceptors (Lipinski definition) is 2. The van der Waals surface area contributed by atoms with Crippen LogP contribution in [-0.4, -0.2) is 18.8 Å². The lowest BCUT2D eigenvalue weighted by molar-refractivity contribution is -0.136. The molecule has 1 aliphatic heterocycles. The van der Waals surface area contributed by atoms with Gasteiger partial charge in [0.15, 0.2) is 0 Å². The molecule has 2 nitrogen and oxygen atoms in total. The number of alkyl halides is 3. The highest BCUT2D eigenvalue weighted by atomic mass is 35.5. The molecule has 0 aliphatic carbocycles. The van der Waals surface area contributed by atoms with Gasteiger partial charge in [0, 0.05) is 12.1 Å². The number of nitrogens with one attached hydrogen (secondary N) is 1. The van der Waals surface area contributed by atoms with Crippen LogP contribution in [0.25, 0.3) is 6.08 Å². The largest absolute Gasteiger partial charge is 0.418 e. The number of aliphatic imine (C=N–C) groups is 1. The summed E-state index contributed by atoms with van der Waals surface area (Å²) in [5.74, 6) is 0. The Hall–Kier alpha value is -1.69. The highest BCUT2D eigenvalue weighted by Gasteiger charge is 2.35. The Morgan fingerprint density at radius 1 is 1.04 bits per heavy atom. The molecular weight excluding hydrogens is 408 g/mol. The van der Waals surface area contributed by atoms with Crippen molar-refractivity contribution in [1.82, 2.24) is 0 Å². The number of rotatable bonds is 2. The zero-order valence-electron chi connectivity index (χ0n) is 13.3. The first kappa shape index (κ1) is 20.6. The van der Waals surface area contributed by atoms with E-state index >= 15 is 0 Å². The summed E-state index contributed by atoms with van der Waals surface area (Å²) >= 11 is 11.9. The molecular formula is C18H14Cl3F3N2. The van der Waals surface area contributed by atoms with Gasteiger partial charge >= 0.3 is 6.18 Å². The first-order valence-electron chi connectivity index (χ1n) is 7.48. The van der Waals surface area contributed by atoms with Gasteiger partial charge < -0.3 is 5.32 Å². The average molecular weight is 422 g/mol. The maximum Gasteiger partial charge on any atom is 0.418 e. The van der Waals surface area contributed by atoms with E-state index < -0.39 is 11.7 Å². The molecule has 1 N–H and O–H groups in total. The Bertz CT molecular complexity index is 861. The Kier molecular flexibility index (Phi) is 6.61. The van der Waals surface area contributed by atoms with Gasteiger partial charge in [0.1, 0.15) is 0 Å². The lowest BCUT2D eigenvalue weighted by Crippen LogP contribution is -2.13. The normalized spacial score (nSPS) is 14.1.